The van der Waals surface area contributed by atoms with Crippen LogP contribution in [0, 0.1) is 17.5 Å². The van der Waals surface area contributed by atoms with Crippen LogP contribution < -0.4 is 15.5 Å². The van der Waals surface area contributed by atoms with Gasteiger partial charge in [0.15, 0.2) is 17.3 Å². The van der Waals surface area contributed by atoms with Crippen molar-refractivity contribution in [3.63, 3.8) is 0 Å². The fraction of sp³-hybridized carbons (Fsp3) is 0.292. The van der Waals surface area contributed by atoms with Crippen LogP contribution in [0.15, 0.2) is 42.6 Å². The molecule has 1 saturated heterocycles. The molecule has 35 heavy (non-hydrogen) atoms. The number of ether oxygens (including phenoxy) is 1. The number of halogens is 3. The molecule has 4 aromatic rings. The van der Waals surface area contributed by atoms with Gasteiger partial charge in [-0.25, -0.2) is 23.1 Å². The van der Waals surface area contributed by atoms with Crippen LogP contribution in [0.1, 0.15) is 18.9 Å². The monoisotopic (exact) mass is 483 g/mol. The topological polar surface area (TPSA) is 80.1 Å². The van der Waals surface area contributed by atoms with Crippen LogP contribution in [-0.4, -0.2) is 46.8 Å². The Morgan fingerprint density at radius 3 is 2.31 bits per heavy atom. The number of benzene rings is 2. The van der Waals surface area contributed by atoms with Crippen molar-refractivity contribution >= 4 is 40.1 Å². The zero-order valence-corrected chi connectivity index (χ0v) is 19.2. The molecular formula is C24H24F3N7O. The van der Waals surface area contributed by atoms with E-state index in [4.69, 9.17) is 4.74 Å². The Morgan fingerprint density at radius 1 is 0.971 bits per heavy atom. The smallest absolute Gasteiger partial charge is 0.229 e. The van der Waals surface area contributed by atoms with Gasteiger partial charge in [-0.1, -0.05) is 0 Å². The molecule has 1 fully saturated rings. The summed E-state index contributed by atoms with van der Waals surface area (Å²) in [6, 6.07) is 8.97. The highest BCUT2D eigenvalue weighted by Crippen LogP contribution is 2.33. The van der Waals surface area contributed by atoms with Crippen molar-refractivity contribution < 1.29 is 17.9 Å². The van der Waals surface area contributed by atoms with Gasteiger partial charge in [0.1, 0.15) is 17.0 Å². The van der Waals surface area contributed by atoms with Crippen molar-refractivity contribution in [2.24, 2.45) is 0 Å². The van der Waals surface area contributed by atoms with Gasteiger partial charge in [-0.3, -0.25) is 4.57 Å². The Labute approximate surface area is 199 Å². The summed E-state index contributed by atoms with van der Waals surface area (Å²) < 4.78 is 49.4. The van der Waals surface area contributed by atoms with Gasteiger partial charge in [0, 0.05) is 56.9 Å². The lowest BCUT2D eigenvalue weighted by Crippen LogP contribution is -2.21. The Bertz CT molecular complexity index is 1330. The molecule has 0 bridgehead atoms. The molecule has 5 rings (SSSR count). The van der Waals surface area contributed by atoms with Gasteiger partial charge in [0.25, 0.3) is 0 Å². The molecule has 11 heteroatoms. The van der Waals surface area contributed by atoms with Crippen LogP contribution >= 0.6 is 0 Å². The summed E-state index contributed by atoms with van der Waals surface area (Å²) >= 11 is 0. The van der Waals surface area contributed by atoms with E-state index in [0.29, 0.717) is 55.3 Å². The van der Waals surface area contributed by atoms with Crippen molar-refractivity contribution in [3.8, 4) is 0 Å². The Morgan fingerprint density at radius 2 is 1.66 bits per heavy atom. The number of hydrogen-bond acceptors (Lipinski definition) is 7. The number of nitrogens with zero attached hydrogens (tertiary/aromatic N) is 5. The third-order valence-corrected chi connectivity index (χ3v) is 5.87. The molecule has 182 valence electrons. The molecular weight excluding hydrogens is 459 g/mol. The van der Waals surface area contributed by atoms with E-state index in [1.807, 2.05) is 47.8 Å². The van der Waals surface area contributed by atoms with E-state index in [-0.39, 0.29) is 12.0 Å². The molecule has 0 spiro atoms. The first kappa shape index (κ1) is 22.9. The summed E-state index contributed by atoms with van der Waals surface area (Å²) in [5.74, 6) is -2.55. The number of fused-ring (bicyclic) bond motifs is 1. The van der Waals surface area contributed by atoms with Gasteiger partial charge >= 0.3 is 0 Å². The van der Waals surface area contributed by atoms with Gasteiger partial charge in [-0.15, -0.1) is 0 Å². The highest BCUT2D eigenvalue weighted by molar-refractivity contribution is 5.77. The normalized spacial score (nSPS) is 14.3. The highest BCUT2D eigenvalue weighted by atomic mass is 19.1. The predicted molar refractivity (Wildman–Crippen MR) is 128 cm³/mol. The Balaban J connectivity index is 1.53. The first-order valence-electron chi connectivity index (χ1n) is 11.2. The van der Waals surface area contributed by atoms with E-state index in [1.54, 1.807) is 6.20 Å². The SMILES string of the molecule is CN(C)c1ccc(Nc2ncc3nc(Nc4c(F)cc(F)cc4F)n(C4CCOCC4)c3n2)cc1. The quantitative estimate of drug-likeness (QED) is 0.393. The number of nitrogens with one attached hydrogen (secondary N) is 2. The standard InChI is InChI=1S/C24H24F3N7O/c1-33(2)16-5-3-15(4-6-16)29-23-28-13-20-22(32-23)34(17-7-9-35-10-8-17)24(30-20)31-21-18(26)11-14(25)12-19(21)27/h3-6,11-13,17H,7-10H2,1-2H3,(H,30,31)(H,28,29,32). The summed E-state index contributed by atoms with van der Waals surface area (Å²) in [7, 11) is 3.93. The lowest BCUT2D eigenvalue weighted by Gasteiger charge is -2.25. The average Bonchev–Trinajstić information content (AvgIpc) is 3.19. The summed E-state index contributed by atoms with van der Waals surface area (Å²) in [6.45, 7) is 1.08. The zero-order chi connectivity index (χ0) is 24.5. The van der Waals surface area contributed by atoms with Crippen LogP contribution in [0.25, 0.3) is 11.2 Å². The molecule has 0 unspecified atom stereocenters. The molecule has 8 nitrogen and oxygen atoms in total. The first-order chi connectivity index (χ1) is 16.9. The third kappa shape index (κ3) is 4.72. The Hall–Kier alpha value is -3.86. The molecule has 3 heterocycles. The number of imidazole rings is 1. The zero-order valence-electron chi connectivity index (χ0n) is 19.2. The van der Waals surface area contributed by atoms with E-state index in [2.05, 4.69) is 25.6 Å². The number of anilines is 5. The van der Waals surface area contributed by atoms with Crippen LogP contribution in [0.2, 0.25) is 0 Å². The molecule has 2 N–H and O–H groups in total. The molecule has 0 aliphatic carbocycles. The largest absolute Gasteiger partial charge is 0.381 e. The second-order valence-electron chi connectivity index (χ2n) is 8.49. The molecule has 1 aliphatic heterocycles. The number of rotatable bonds is 6. The molecule has 2 aromatic carbocycles. The number of aromatic nitrogens is 4. The summed E-state index contributed by atoms with van der Waals surface area (Å²) in [5, 5.41) is 5.90. The highest BCUT2D eigenvalue weighted by Gasteiger charge is 2.25. The molecule has 0 atom stereocenters. The first-order valence-corrected chi connectivity index (χ1v) is 11.2. The van der Waals surface area contributed by atoms with E-state index < -0.39 is 23.1 Å². The van der Waals surface area contributed by atoms with Crippen LogP contribution in [0.4, 0.5) is 42.1 Å². The molecule has 1 aliphatic rings. The minimum atomic E-state index is -1.05. The summed E-state index contributed by atoms with van der Waals surface area (Å²) in [5.41, 5.74) is 2.34. The lowest BCUT2D eigenvalue weighted by molar-refractivity contribution is 0.0710. The molecule has 0 radical (unpaired) electrons. The summed E-state index contributed by atoms with van der Waals surface area (Å²) in [6.07, 6.45) is 2.90. The van der Waals surface area contributed by atoms with Gasteiger partial charge in [-0.05, 0) is 37.1 Å². The molecule has 0 amide bonds. The number of hydrogen-bond donors (Lipinski definition) is 2. The van der Waals surface area contributed by atoms with E-state index in [0.717, 1.165) is 11.4 Å². The van der Waals surface area contributed by atoms with Crippen molar-refractivity contribution in [2.75, 3.05) is 42.8 Å². The third-order valence-electron chi connectivity index (χ3n) is 5.87. The van der Waals surface area contributed by atoms with E-state index in [1.165, 1.54) is 0 Å². The predicted octanol–water partition coefficient (Wildman–Crippen LogP) is 5.15. The minimum absolute atomic E-state index is 0.0649. The van der Waals surface area contributed by atoms with Gasteiger partial charge in [0.2, 0.25) is 11.9 Å². The van der Waals surface area contributed by atoms with Crippen molar-refractivity contribution in [1.82, 2.24) is 19.5 Å². The van der Waals surface area contributed by atoms with Gasteiger partial charge in [-0.2, -0.15) is 4.98 Å². The second-order valence-corrected chi connectivity index (χ2v) is 8.49. The second kappa shape index (κ2) is 9.41. The van der Waals surface area contributed by atoms with Gasteiger partial charge < -0.3 is 20.3 Å². The van der Waals surface area contributed by atoms with Crippen LogP contribution in [0.3, 0.4) is 0 Å². The molecule has 2 aromatic heterocycles. The Kier molecular flexibility index (Phi) is 6.16. The minimum Gasteiger partial charge on any atom is -0.381 e. The van der Waals surface area contributed by atoms with Gasteiger partial charge in [0.05, 0.1) is 6.20 Å². The van der Waals surface area contributed by atoms with Crippen LogP contribution in [-0.2, 0) is 4.74 Å². The van der Waals surface area contributed by atoms with E-state index >= 15 is 0 Å². The summed E-state index contributed by atoms with van der Waals surface area (Å²) in [4.78, 5) is 15.5. The average molecular weight is 483 g/mol. The van der Waals surface area contributed by atoms with E-state index in [9.17, 15) is 13.2 Å². The van der Waals surface area contributed by atoms with Crippen molar-refractivity contribution in [2.45, 2.75) is 18.9 Å². The lowest BCUT2D eigenvalue weighted by atomic mass is 10.1. The molecule has 0 saturated carbocycles. The maximum absolute atomic E-state index is 14.4. The maximum Gasteiger partial charge on any atom is 0.229 e. The fourth-order valence-corrected chi connectivity index (χ4v) is 4.07. The fourth-order valence-electron chi connectivity index (χ4n) is 4.07. The van der Waals surface area contributed by atoms with Crippen molar-refractivity contribution in [1.29, 1.82) is 0 Å². The van der Waals surface area contributed by atoms with Crippen LogP contribution in [0.5, 0.6) is 0 Å². The van der Waals surface area contributed by atoms with Crippen molar-refractivity contribution in [3.05, 3.63) is 60.0 Å². The maximum atomic E-state index is 14.4.